The molecule has 0 bridgehead atoms. The summed E-state index contributed by atoms with van der Waals surface area (Å²) in [6.07, 6.45) is -0.333. The van der Waals surface area contributed by atoms with E-state index in [9.17, 15) is 4.39 Å². The Morgan fingerprint density at radius 3 is 3.08 bits per heavy atom. The maximum absolute atomic E-state index is 13.3. The summed E-state index contributed by atoms with van der Waals surface area (Å²) in [5.41, 5.74) is 8.20. The van der Waals surface area contributed by atoms with Crippen LogP contribution in [0.5, 0.6) is 0 Å². The highest BCUT2D eigenvalue weighted by Crippen LogP contribution is 2.25. The van der Waals surface area contributed by atoms with Gasteiger partial charge in [0, 0.05) is 12.1 Å². The van der Waals surface area contributed by atoms with Crippen molar-refractivity contribution < 1.29 is 4.39 Å². The zero-order chi connectivity index (χ0) is 8.72. The summed E-state index contributed by atoms with van der Waals surface area (Å²) < 4.78 is 13.3. The third-order valence-electron chi connectivity index (χ3n) is 2.18. The second-order valence-electron chi connectivity index (χ2n) is 3.18. The minimum absolute atomic E-state index is 0.192. The first-order chi connectivity index (χ1) is 5.68. The molecule has 1 aromatic carbocycles. The Morgan fingerprint density at radius 1 is 1.58 bits per heavy atom. The second-order valence-corrected chi connectivity index (χ2v) is 3.18. The maximum Gasteiger partial charge on any atom is 0.129 e. The lowest BCUT2D eigenvalue weighted by Gasteiger charge is -2.06. The standard InChI is InChI=1S/C9H11FN2/c1-5-2-6-4-12-9(11)8(6)7(10)3-5/h2-3,9,12H,4,11H2,1H3. The molecule has 0 amide bonds. The largest absolute Gasteiger partial charge is 0.312 e. The predicted octanol–water partition coefficient (Wildman–Crippen LogP) is 1.19. The summed E-state index contributed by atoms with van der Waals surface area (Å²) in [6.45, 7) is 2.56. The van der Waals surface area contributed by atoms with E-state index in [1.807, 2.05) is 13.0 Å². The molecule has 0 saturated heterocycles. The predicted molar refractivity (Wildman–Crippen MR) is 44.9 cm³/mol. The van der Waals surface area contributed by atoms with E-state index in [0.717, 1.165) is 11.1 Å². The van der Waals surface area contributed by atoms with Crippen molar-refractivity contribution in [1.82, 2.24) is 5.32 Å². The van der Waals surface area contributed by atoms with Gasteiger partial charge in [-0.2, -0.15) is 0 Å². The van der Waals surface area contributed by atoms with Crippen LogP contribution in [-0.4, -0.2) is 0 Å². The number of benzene rings is 1. The topological polar surface area (TPSA) is 38.0 Å². The molecule has 1 heterocycles. The number of nitrogens with two attached hydrogens (primary N) is 1. The Balaban J connectivity index is 2.60. The van der Waals surface area contributed by atoms with Crippen LogP contribution in [0.3, 0.4) is 0 Å². The number of hydrogen-bond acceptors (Lipinski definition) is 2. The van der Waals surface area contributed by atoms with Crippen LogP contribution >= 0.6 is 0 Å². The zero-order valence-electron chi connectivity index (χ0n) is 6.89. The summed E-state index contributed by atoms with van der Waals surface area (Å²) >= 11 is 0. The van der Waals surface area contributed by atoms with Gasteiger partial charge in [0.05, 0.1) is 6.17 Å². The molecule has 1 aliphatic heterocycles. The van der Waals surface area contributed by atoms with E-state index < -0.39 is 0 Å². The SMILES string of the molecule is Cc1cc(F)c2c(c1)CNC2N. The van der Waals surface area contributed by atoms with Crippen LogP contribution < -0.4 is 11.1 Å². The molecule has 0 spiro atoms. The van der Waals surface area contributed by atoms with Crippen LogP contribution in [0, 0.1) is 12.7 Å². The molecule has 64 valence electrons. The van der Waals surface area contributed by atoms with Gasteiger partial charge in [-0.25, -0.2) is 4.39 Å². The fourth-order valence-corrected chi connectivity index (χ4v) is 1.64. The lowest BCUT2D eigenvalue weighted by molar-refractivity contribution is 0.557. The monoisotopic (exact) mass is 166 g/mol. The average molecular weight is 166 g/mol. The van der Waals surface area contributed by atoms with Crippen LogP contribution in [0.15, 0.2) is 12.1 Å². The second kappa shape index (κ2) is 2.54. The van der Waals surface area contributed by atoms with Crippen molar-refractivity contribution >= 4 is 0 Å². The number of hydrogen-bond donors (Lipinski definition) is 2. The molecule has 1 aliphatic rings. The van der Waals surface area contributed by atoms with Crippen molar-refractivity contribution in [3.05, 3.63) is 34.6 Å². The highest BCUT2D eigenvalue weighted by molar-refractivity contribution is 5.37. The van der Waals surface area contributed by atoms with E-state index in [1.54, 1.807) is 0 Å². The normalized spacial score (nSPS) is 21.1. The van der Waals surface area contributed by atoms with Gasteiger partial charge in [-0.15, -0.1) is 0 Å². The highest BCUT2D eigenvalue weighted by atomic mass is 19.1. The van der Waals surface area contributed by atoms with E-state index in [-0.39, 0.29) is 12.0 Å². The van der Waals surface area contributed by atoms with Crippen LogP contribution in [0.25, 0.3) is 0 Å². The fourth-order valence-electron chi connectivity index (χ4n) is 1.64. The van der Waals surface area contributed by atoms with Crippen molar-refractivity contribution in [2.75, 3.05) is 0 Å². The van der Waals surface area contributed by atoms with Crippen molar-refractivity contribution in [3.63, 3.8) is 0 Å². The molecule has 0 saturated carbocycles. The smallest absolute Gasteiger partial charge is 0.129 e. The number of aryl methyl sites for hydroxylation is 1. The molecule has 2 rings (SSSR count). The summed E-state index contributed by atoms with van der Waals surface area (Å²) in [5, 5.41) is 2.99. The molecule has 1 unspecified atom stereocenters. The van der Waals surface area contributed by atoms with Gasteiger partial charge in [-0.1, -0.05) is 6.07 Å². The molecule has 0 aromatic heterocycles. The van der Waals surface area contributed by atoms with E-state index in [4.69, 9.17) is 5.73 Å². The van der Waals surface area contributed by atoms with E-state index >= 15 is 0 Å². The summed E-state index contributed by atoms with van der Waals surface area (Å²) in [4.78, 5) is 0. The van der Waals surface area contributed by atoms with Crippen LogP contribution in [0.2, 0.25) is 0 Å². The van der Waals surface area contributed by atoms with E-state index in [1.165, 1.54) is 6.07 Å². The van der Waals surface area contributed by atoms with Crippen LogP contribution in [0.1, 0.15) is 22.9 Å². The number of nitrogens with one attached hydrogen (secondary N) is 1. The Bertz CT molecular complexity index is 323. The van der Waals surface area contributed by atoms with Gasteiger partial charge in [0.25, 0.3) is 0 Å². The minimum Gasteiger partial charge on any atom is -0.312 e. The van der Waals surface area contributed by atoms with Crippen molar-refractivity contribution in [2.45, 2.75) is 19.6 Å². The van der Waals surface area contributed by atoms with Gasteiger partial charge < -0.3 is 5.73 Å². The Labute approximate surface area is 70.6 Å². The molecule has 0 fully saturated rings. The number of halogens is 1. The number of fused-ring (bicyclic) bond motifs is 1. The minimum atomic E-state index is -0.333. The molecule has 2 nitrogen and oxygen atoms in total. The molecule has 0 aliphatic carbocycles. The Morgan fingerprint density at radius 2 is 2.33 bits per heavy atom. The number of rotatable bonds is 0. The van der Waals surface area contributed by atoms with Crippen molar-refractivity contribution in [3.8, 4) is 0 Å². The summed E-state index contributed by atoms with van der Waals surface area (Å²) in [6, 6.07) is 3.49. The molecule has 3 N–H and O–H groups in total. The van der Waals surface area contributed by atoms with Gasteiger partial charge >= 0.3 is 0 Å². The molecule has 0 radical (unpaired) electrons. The molecular weight excluding hydrogens is 155 g/mol. The van der Waals surface area contributed by atoms with Crippen LogP contribution in [-0.2, 0) is 6.54 Å². The van der Waals surface area contributed by atoms with Crippen LogP contribution in [0.4, 0.5) is 4.39 Å². The Hall–Kier alpha value is -0.930. The zero-order valence-corrected chi connectivity index (χ0v) is 6.89. The quantitative estimate of drug-likeness (QED) is 0.607. The van der Waals surface area contributed by atoms with E-state index in [0.29, 0.717) is 12.1 Å². The molecule has 1 aromatic rings. The molecule has 1 atom stereocenters. The third kappa shape index (κ3) is 1.02. The average Bonchev–Trinajstić information content (AvgIpc) is 2.31. The van der Waals surface area contributed by atoms with Crippen molar-refractivity contribution in [2.24, 2.45) is 5.73 Å². The van der Waals surface area contributed by atoms with Gasteiger partial charge in [0.1, 0.15) is 5.82 Å². The van der Waals surface area contributed by atoms with Crippen molar-refractivity contribution in [1.29, 1.82) is 0 Å². The van der Waals surface area contributed by atoms with E-state index in [2.05, 4.69) is 5.32 Å². The van der Waals surface area contributed by atoms with Gasteiger partial charge in [-0.05, 0) is 24.1 Å². The van der Waals surface area contributed by atoms with Gasteiger partial charge in [0.2, 0.25) is 0 Å². The molecule has 12 heavy (non-hydrogen) atoms. The highest BCUT2D eigenvalue weighted by Gasteiger charge is 2.21. The first-order valence-electron chi connectivity index (χ1n) is 3.96. The van der Waals surface area contributed by atoms with Gasteiger partial charge in [0.15, 0.2) is 0 Å². The summed E-state index contributed by atoms with van der Waals surface area (Å²) in [5.74, 6) is -0.192. The lowest BCUT2D eigenvalue weighted by atomic mass is 10.1. The fraction of sp³-hybridized carbons (Fsp3) is 0.333. The Kier molecular flexibility index (Phi) is 1.63. The van der Waals surface area contributed by atoms with Gasteiger partial charge in [-0.3, -0.25) is 5.32 Å². The summed E-state index contributed by atoms with van der Waals surface area (Å²) in [7, 11) is 0. The molecule has 3 heteroatoms. The first-order valence-corrected chi connectivity index (χ1v) is 3.96. The first kappa shape index (κ1) is 7.71. The third-order valence-corrected chi connectivity index (χ3v) is 2.18. The lowest BCUT2D eigenvalue weighted by Crippen LogP contribution is -2.21. The maximum atomic E-state index is 13.3. The molecular formula is C9H11FN2.